The molecule has 0 aromatic heterocycles. The van der Waals surface area contributed by atoms with Crippen molar-refractivity contribution < 1.29 is 19.1 Å². The number of benzene rings is 1. The summed E-state index contributed by atoms with van der Waals surface area (Å²) >= 11 is 0. The van der Waals surface area contributed by atoms with Crippen molar-refractivity contribution in [2.45, 2.75) is 46.6 Å². The van der Waals surface area contributed by atoms with Crippen LogP contribution in [0.5, 0.6) is 0 Å². The van der Waals surface area contributed by atoms with Gasteiger partial charge in [-0.3, -0.25) is 19.6 Å². The van der Waals surface area contributed by atoms with Crippen molar-refractivity contribution in [1.82, 2.24) is 10.4 Å². The van der Waals surface area contributed by atoms with Gasteiger partial charge in [0.2, 0.25) is 0 Å². The highest BCUT2D eigenvalue weighted by Crippen LogP contribution is 2.53. The van der Waals surface area contributed by atoms with Gasteiger partial charge in [-0.05, 0) is 52.2 Å². The summed E-state index contributed by atoms with van der Waals surface area (Å²) in [5, 5.41) is 1.89. The van der Waals surface area contributed by atoms with E-state index in [1.165, 1.54) is 5.56 Å². The molecule has 7 nitrogen and oxygen atoms in total. The predicted octanol–water partition coefficient (Wildman–Crippen LogP) is 2.77. The van der Waals surface area contributed by atoms with Crippen molar-refractivity contribution in [3.63, 3.8) is 0 Å². The summed E-state index contributed by atoms with van der Waals surface area (Å²) in [6, 6.07) is 5.92. The van der Waals surface area contributed by atoms with Crippen LogP contribution < -0.4 is 5.43 Å². The number of aryl methyl sites for hydroxylation is 2. The second-order valence-corrected chi connectivity index (χ2v) is 8.18. The topological polar surface area (TPSA) is 80.2 Å². The molecule has 2 fully saturated rings. The third kappa shape index (κ3) is 3.41. The largest absolute Gasteiger partial charge is 0.465 e. The Hall–Kier alpha value is -2.67. The van der Waals surface area contributed by atoms with E-state index in [1.54, 1.807) is 6.92 Å². The smallest absolute Gasteiger partial charge is 0.318 e. The minimum Gasteiger partial charge on any atom is -0.465 e. The van der Waals surface area contributed by atoms with Crippen molar-refractivity contribution in [3.8, 4) is 0 Å². The zero-order valence-electron chi connectivity index (χ0n) is 18.0. The lowest BCUT2D eigenvalue weighted by Crippen LogP contribution is -2.42. The maximum Gasteiger partial charge on any atom is 0.318 e. The number of ether oxygens (including phenoxy) is 2. The molecule has 4 rings (SSSR count). The standard InChI is InChI=1S/C23H29N3O4/c1-5-29-21(27)17-13-24-26-18(16-8-7-14(3)11-15(16)4)12-19(25-20(17)26)23(9-10-23)22(28)30-6-2/h7-8,11-12,17,19,24H,5-6,9-10,13H2,1-4H3. The SMILES string of the molecule is CCOC(=O)C1CNN2C(c3ccc(C)cc3C)=CC(C3(C(=O)OCC)CC3)N=C12. The second-order valence-electron chi connectivity index (χ2n) is 8.18. The highest BCUT2D eigenvalue weighted by molar-refractivity contribution is 6.07. The number of nitrogens with one attached hydrogen (secondary N) is 1. The third-order valence-electron chi connectivity index (χ3n) is 6.09. The van der Waals surface area contributed by atoms with Crippen LogP contribution in [0, 0.1) is 25.2 Å². The van der Waals surface area contributed by atoms with Crippen LogP contribution in [0.25, 0.3) is 5.70 Å². The third-order valence-corrected chi connectivity index (χ3v) is 6.09. The molecule has 7 heteroatoms. The Balaban J connectivity index is 1.77. The molecule has 1 saturated heterocycles. The maximum atomic E-state index is 12.7. The summed E-state index contributed by atoms with van der Waals surface area (Å²) in [7, 11) is 0. The van der Waals surface area contributed by atoms with Crippen LogP contribution in [0.2, 0.25) is 0 Å². The van der Waals surface area contributed by atoms with E-state index < -0.39 is 11.3 Å². The fourth-order valence-electron chi connectivity index (χ4n) is 4.33. The monoisotopic (exact) mass is 411 g/mol. The number of hydrogen-bond acceptors (Lipinski definition) is 7. The van der Waals surface area contributed by atoms with Crippen LogP contribution in [0.3, 0.4) is 0 Å². The first kappa shape index (κ1) is 20.6. The average Bonchev–Trinajstić information content (AvgIpc) is 3.41. The van der Waals surface area contributed by atoms with E-state index in [1.807, 2.05) is 18.0 Å². The molecular weight excluding hydrogens is 382 g/mol. The zero-order valence-corrected chi connectivity index (χ0v) is 18.0. The molecule has 3 aliphatic rings. The number of hydrazine groups is 1. The van der Waals surface area contributed by atoms with E-state index in [9.17, 15) is 9.59 Å². The zero-order chi connectivity index (χ0) is 21.5. The number of hydrogen-bond donors (Lipinski definition) is 1. The first-order chi connectivity index (χ1) is 14.4. The lowest BCUT2D eigenvalue weighted by molar-refractivity contribution is -0.150. The lowest BCUT2D eigenvalue weighted by Gasteiger charge is -2.32. The predicted molar refractivity (Wildman–Crippen MR) is 113 cm³/mol. The van der Waals surface area contributed by atoms with Crippen molar-refractivity contribution in [2.24, 2.45) is 16.3 Å². The van der Waals surface area contributed by atoms with Crippen LogP contribution in [0.1, 0.15) is 43.4 Å². The normalized spacial score (nSPS) is 23.9. The summed E-state index contributed by atoms with van der Waals surface area (Å²) in [4.78, 5) is 30.2. The first-order valence-corrected chi connectivity index (χ1v) is 10.7. The average molecular weight is 412 g/mol. The molecule has 2 atom stereocenters. The molecule has 1 N–H and O–H groups in total. The highest BCUT2D eigenvalue weighted by atomic mass is 16.5. The van der Waals surface area contributed by atoms with Gasteiger partial charge in [0.05, 0.1) is 30.4 Å². The number of aliphatic imine (C=N–C) groups is 1. The van der Waals surface area contributed by atoms with Gasteiger partial charge in [0.15, 0.2) is 0 Å². The molecular formula is C23H29N3O4. The van der Waals surface area contributed by atoms with Crippen LogP contribution in [0.4, 0.5) is 0 Å². The molecule has 2 heterocycles. The lowest BCUT2D eigenvalue weighted by atomic mass is 9.91. The number of rotatable bonds is 6. The van der Waals surface area contributed by atoms with E-state index in [2.05, 4.69) is 37.5 Å². The van der Waals surface area contributed by atoms with Crippen LogP contribution >= 0.6 is 0 Å². The first-order valence-electron chi connectivity index (χ1n) is 10.7. The van der Waals surface area contributed by atoms with Gasteiger partial charge in [0, 0.05) is 12.1 Å². The van der Waals surface area contributed by atoms with E-state index in [0.717, 1.165) is 29.7 Å². The number of fused-ring (bicyclic) bond motifs is 1. The van der Waals surface area contributed by atoms with Gasteiger partial charge in [0.25, 0.3) is 0 Å². The summed E-state index contributed by atoms with van der Waals surface area (Å²) in [5.74, 6) is -0.387. The highest BCUT2D eigenvalue weighted by Gasteiger charge is 2.58. The fraction of sp³-hybridized carbons (Fsp3) is 0.522. The molecule has 160 valence electrons. The quantitative estimate of drug-likeness (QED) is 0.725. The van der Waals surface area contributed by atoms with Crippen molar-refractivity contribution in [1.29, 1.82) is 0 Å². The summed E-state index contributed by atoms with van der Waals surface area (Å²) in [6.45, 7) is 8.82. The molecule has 30 heavy (non-hydrogen) atoms. The van der Waals surface area contributed by atoms with E-state index in [4.69, 9.17) is 14.5 Å². The minimum absolute atomic E-state index is 0.206. The summed E-state index contributed by atoms with van der Waals surface area (Å²) in [6.07, 6.45) is 3.52. The fourth-order valence-corrected chi connectivity index (χ4v) is 4.33. The van der Waals surface area contributed by atoms with Gasteiger partial charge in [-0.2, -0.15) is 0 Å². The van der Waals surface area contributed by atoms with Crippen molar-refractivity contribution in [2.75, 3.05) is 19.8 Å². The van der Waals surface area contributed by atoms with Gasteiger partial charge in [0.1, 0.15) is 11.8 Å². The maximum absolute atomic E-state index is 12.7. The number of esters is 2. The van der Waals surface area contributed by atoms with Crippen LogP contribution in [-0.4, -0.2) is 48.6 Å². The Morgan fingerprint density at radius 3 is 2.57 bits per heavy atom. The summed E-state index contributed by atoms with van der Waals surface area (Å²) < 4.78 is 10.6. The van der Waals surface area contributed by atoms with Gasteiger partial charge in [-0.25, -0.2) is 5.43 Å². The van der Waals surface area contributed by atoms with E-state index in [-0.39, 0.29) is 18.0 Å². The second kappa shape index (κ2) is 7.87. The Kier molecular flexibility index (Phi) is 5.40. The Bertz CT molecular complexity index is 932. The molecule has 0 radical (unpaired) electrons. The minimum atomic E-state index is -0.638. The number of nitrogens with zero attached hydrogens (tertiary/aromatic N) is 2. The Labute approximate surface area is 177 Å². The van der Waals surface area contributed by atoms with Crippen molar-refractivity contribution in [3.05, 3.63) is 41.0 Å². The molecule has 2 unspecified atom stereocenters. The van der Waals surface area contributed by atoms with Gasteiger partial charge in [-0.1, -0.05) is 23.8 Å². The molecule has 1 saturated carbocycles. The molecule has 0 amide bonds. The number of carbonyl (C=O) groups is 2. The molecule has 2 aliphatic heterocycles. The molecule has 1 aromatic carbocycles. The van der Waals surface area contributed by atoms with Crippen LogP contribution in [-0.2, 0) is 19.1 Å². The van der Waals surface area contributed by atoms with Crippen LogP contribution in [0.15, 0.2) is 29.3 Å². The molecule has 1 aromatic rings. The van der Waals surface area contributed by atoms with Gasteiger partial charge < -0.3 is 9.47 Å². The molecule has 0 bridgehead atoms. The summed E-state index contributed by atoms with van der Waals surface area (Å²) in [5.41, 5.74) is 6.95. The number of amidine groups is 1. The Morgan fingerprint density at radius 2 is 1.93 bits per heavy atom. The number of carbonyl (C=O) groups excluding carboxylic acids is 2. The van der Waals surface area contributed by atoms with E-state index >= 15 is 0 Å². The van der Waals surface area contributed by atoms with E-state index in [0.29, 0.717) is 25.6 Å². The Morgan fingerprint density at radius 1 is 1.20 bits per heavy atom. The van der Waals surface area contributed by atoms with Gasteiger partial charge >= 0.3 is 11.9 Å². The molecule has 1 aliphatic carbocycles. The van der Waals surface area contributed by atoms with Crippen molar-refractivity contribution >= 4 is 23.5 Å². The van der Waals surface area contributed by atoms with Gasteiger partial charge in [-0.15, -0.1) is 0 Å². The molecule has 0 spiro atoms.